The molecule has 66 heavy (non-hydrogen) atoms. The Hall–Kier alpha value is -2.91. The Balaban J connectivity index is 0.000000221. The van der Waals surface area contributed by atoms with Crippen LogP contribution in [0.15, 0.2) is 146 Å². The molecule has 0 aliphatic heterocycles. The Kier molecular flexibility index (Phi) is 18.6. The first kappa shape index (κ1) is 54.0. The number of benzene rings is 6. The number of aryl methyl sites for hydroxylation is 2. The second-order valence-corrected chi connectivity index (χ2v) is 47.0. The van der Waals surface area contributed by atoms with Crippen LogP contribution in [0.25, 0.3) is 66.1 Å². The molecule has 2 radical (unpaired) electrons. The number of rotatable bonds is 8. The summed E-state index contributed by atoms with van der Waals surface area (Å²) in [5.41, 5.74) is 13.6. The van der Waals surface area contributed by atoms with Gasteiger partial charge in [0, 0.05) is 9.52 Å². The molecule has 342 valence electrons. The first-order chi connectivity index (χ1) is 30.9. The first-order valence-electron chi connectivity index (χ1n) is 23.3. The number of hydrogen-bond donors (Lipinski definition) is 0. The van der Waals surface area contributed by atoms with Gasteiger partial charge in [-0.1, -0.05) is 244 Å². The molecule has 0 amide bonds. The molecular formula is C58H72Cl2Si5Zr. The normalized spacial score (nSPS) is 11.8. The fourth-order valence-electron chi connectivity index (χ4n) is 8.42. The van der Waals surface area contributed by atoms with Gasteiger partial charge in [0.25, 0.3) is 0 Å². The van der Waals surface area contributed by atoms with E-state index in [9.17, 15) is 0 Å². The summed E-state index contributed by atoms with van der Waals surface area (Å²) in [7, 11) is 5.28. The molecule has 8 aromatic carbocycles. The van der Waals surface area contributed by atoms with Crippen molar-refractivity contribution in [2.45, 2.75) is 106 Å². The molecule has 0 atom stereocenters. The van der Waals surface area contributed by atoms with Crippen LogP contribution in [0.5, 0.6) is 0 Å². The van der Waals surface area contributed by atoms with Crippen molar-refractivity contribution in [1.82, 2.24) is 0 Å². The van der Waals surface area contributed by atoms with E-state index < -0.39 is 53.1 Å². The molecule has 0 unspecified atom stereocenters. The Bertz CT molecular complexity index is 2590. The topological polar surface area (TPSA) is 0 Å². The van der Waals surface area contributed by atoms with Gasteiger partial charge in [-0.15, -0.1) is 69.1 Å². The molecular weight excluding hydrogens is 999 g/mol. The van der Waals surface area contributed by atoms with Crippen LogP contribution in [0, 0.1) is 13.8 Å². The second-order valence-electron chi connectivity index (χ2n) is 21.9. The maximum atomic E-state index is 4.93. The van der Waals surface area contributed by atoms with Crippen LogP contribution in [-0.2, 0) is 20.8 Å². The van der Waals surface area contributed by atoms with Crippen LogP contribution in [0.2, 0.25) is 91.7 Å². The van der Waals surface area contributed by atoms with E-state index in [1.165, 1.54) is 77.2 Å². The summed E-state index contributed by atoms with van der Waals surface area (Å²) in [6.07, 6.45) is 0. The van der Waals surface area contributed by atoms with Crippen molar-refractivity contribution in [1.29, 1.82) is 0 Å². The van der Waals surface area contributed by atoms with Gasteiger partial charge in [0.05, 0.1) is 32.3 Å². The summed E-state index contributed by atoms with van der Waals surface area (Å²) in [5, 5.41) is 11.7. The van der Waals surface area contributed by atoms with Crippen LogP contribution in [-0.4, -0.2) is 41.8 Å². The van der Waals surface area contributed by atoms with E-state index in [-0.39, 0.29) is 0 Å². The van der Waals surface area contributed by atoms with Gasteiger partial charge in [0.15, 0.2) is 0 Å². The number of hydrogen-bond acceptors (Lipinski definition) is 0. The summed E-state index contributed by atoms with van der Waals surface area (Å²) < 4.78 is 0. The van der Waals surface area contributed by atoms with E-state index in [1.54, 1.807) is 20.7 Å². The third kappa shape index (κ3) is 13.7. The van der Waals surface area contributed by atoms with Gasteiger partial charge in [-0.2, -0.15) is 0 Å². The molecule has 8 rings (SSSR count). The van der Waals surface area contributed by atoms with Crippen molar-refractivity contribution in [3.8, 4) is 44.5 Å². The number of fused-ring (bicyclic) bond motifs is 2. The predicted octanol–water partition coefficient (Wildman–Crippen LogP) is 16.7. The van der Waals surface area contributed by atoms with Crippen LogP contribution in [0.3, 0.4) is 0 Å². The molecule has 0 bridgehead atoms. The van der Waals surface area contributed by atoms with E-state index in [2.05, 4.69) is 251 Å². The summed E-state index contributed by atoms with van der Waals surface area (Å²) in [6.45, 7) is 38.4. The van der Waals surface area contributed by atoms with Gasteiger partial charge in [0.1, 0.15) is 0 Å². The average Bonchev–Trinajstić information content (AvgIpc) is 3.89. The van der Waals surface area contributed by atoms with E-state index in [0.29, 0.717) is 0 Å². The zero-order chi connectivity index (χ0) is 48.8. The molecule has 8 heteroatoms. The van der Waals surface area contributed by atoms with E-state index >= 15 is 0 Å². The summed E-state index contributed by atoms with van der Waals surface area (Å²) >= 11 is -0.826. The van der Waals surface area contributed by atoms with E-state index in [0.717, 1.165) is 9.52 Å². The van der Waals surface area contributed by atoms with Crippen LogP contribution < -0.4 is 20.7 Å². The quantitative estimate of drug-likeness (QED) is 0.105. The van der Waals surface area contributed by atoms with Crippen molar-refractivity contribution in [3.05, 3.63) is 157 Å². The zero-order valence-corrected chi connectivity index (χ0v) is 51.6. The van der Waals surface area contributed by atoms with Crippen LogP contribution >= 0.6 is 17.0 Å². The Morgan fingerprint density at radius 3 is 0.924 bits per heavy atom. The van der Waals surface area contributed by atoms with Crippen molar-refractivity contribution in [2.24, 2.45) is 0 Å². The molecule has 0 nitrogen and oxygen atoms in total. The summed E-state index contributed by atoms with van der Waals surface area (Å²) in [4.78, 5) is 0. The van der Waals surface area contributed by atoms with Gasteiger partial charge in [-0.3, -0.25) is 0 Å². The fraction of sp³-hybridized carbons (Fsp3) is 0.276. The minimum atomic E-state index is -1.42. The fourth-order valence-corrected chi connectivity index (χ4v) is 13.4. The second kappa shape index (κ2) is 22.7. The monoisotopic (exact) mass is 1070 g/mol. The van der Waals surface area contributed by atoms with Crippen molar-refractivity contribution in [3.63, 3.8) is 0 Å². The molecule has 0 aliphatic carbocycles. The summed E-state index contributed by atoms with van der Waals surface area (Å²) in [5.74, 6) is 0. The molecule has 0 saturated heterocycles. The van der Waals surface area contributed by atoms with Crippen LogP contribution in [0.4, 0.5) is 0 Å². The van der Waals surface area contributed by atoms with Gasteiger partial charge >= 0.3 is 37.9 Å². The average molecular weight is 1070 g/mol. The van der Waals surface area contributed by atoms with Crippen molar-refractivity contribution in [2.75, 3.05) is 0 Å². The molecule has 0 saturated carbocycles. The SMILES string of the molecule is C[Si]C.Cc1ccc2[cH-]c(-c3ccccc3)cc2c1-c1cc([Si](C)(C)C)cc([Si](C)(C)C)c1.Cc1ccc2[cH-]c(-c3ccccc3)cc2c1-c1cc([Si](C)(C)C)cc([Si](C)(C)C)c1.[Cl][Zr+2][Cl]. The third-order valence-corrected chi connectivity index (χ3v) is 20.4. The molecule has 0 aromatic heterocycles. The molecule has 0 spiro atoms. The Morgan fingerprint density at radius 2 is 0.667 bits per heavy atom. The third-order valence-electron chi connectivity index (χ3n) is 12.3. The zero-order valence-electron chi connectivity index (χ0n) is 42.6. The summed E-state index contributed by atoms with van der Waals surface area (Å²) in [6, 6.07) is 55.1. The van der Waals surface area contributed by atoms with Crippen molar-refractivity contribution < 1.29 is 20.8 Å². The van der Waals surface area contributed by atoms with Crippen molar-refractivity contribution >= 4 is 101 Å². The van der Waals surface area contributed by atoms with E-state index in [4.69, 9.17) is 17.0 Å². The predicted molar refractivity (Wildman–Crippen MR) is 311 cm³/mol. The molecule has 0 fully saturated rings. The Morgan fingerprint density at radius 1 is 0.394 bits per heavy atom. The van der Waals surface area contributed by atoms with Crippen LogP contribution in [0.1, 0.15) is 11.1 Å². The standard InChI is InChI=1S/2C28H33Si2.C2H6Si.2ClH.Zr/c2*1-20-13-14-22-15-23(21-11-9-8-10-12-21)18-27(22)28(20)24-16-25(29(2,3)4)19-26(17-24)30(5,6)7;1-3-2;;;/h2*8-19H,1-7H3;1-2H3;2*1H;/q2*-1;;;;+4/p-2. The van der Waals surface area contributed by atoms with Gasteiger partial charge in [0.2, 0.25) is 0 Å². The molecule has 0 aliphatic rings. The molecule has 0 heterocycles. The Labute approximate surface area is 424 Å². The minimum absolute atomic E-state index is 0.826. The first-order valence-corrected chi connectivity index (χ1v) is 45.6. The van der Waals surface area contributed by atoms with Gasteiger partial charge in [-0.05, 0) is 36.1 Å². The van der Waals surface area contributed by atoms with Gasteiger partial charge in [-0.25, -0.2) is 0 Å². The molecule has 0 N–H and O–H groups in total. The molecule has 8 aromatic rings. The van der Waals surface area contributed by atoms with Gasteiger partial charge < -0.3 is 0 Å². The maximum absolute atomic E-state index is 4.93. The number of halogens is 2. The van der Waals surface area contributed by atoms with E-state index in [1.807, 2.05) is 0 Å².